The number of rotatable bonds is 1. The van der Waals surface area contributed by atoms with Gasteiger partial charge in [0, 0.05) is 23.6 Å². The number of ether oxygens (including phenoxy) is 1. The molecule has 98 valence electrons. The lowest BCUT2D eigenvalue weighted by Crippen LogP contribution is -2.45. The third-order valence-electron chi connectivity index (χ3n) is 4.58. The zero-order valence-electron chi connectivity index (χ0n) is 10.8. The van der Waals surface area contributed by atoms with Crippen LogP contribution in [-0.2, 0) is 10.5 Å². The van der Waals surface area contributed by atoms with E-state index >= 15 is 0 Å². The van der Waals surface area contributed by atoms with Crippen LogP contribution in [0, 0.1) is 5.92 Å². The van der Waals surface area contributed by atoms with Gasteiger partial charge in [0.15, 0.2) is 5.72 Å². The summed E-state index contributed by atoms with van der Waals surface area (Å²) in [6, 6.07) is 8.49. The molecule has 0 amide bonds. The molecule has 1 saturated heterocycles. The summed E-state index contributed by atoms with van der Waals surface area (Å²) < 4.78 is 6.29. The Kier molecular flexibility index (Phi) is 2.54. The third-order valence-corrected chi connectivity index (χ3v) is 5.02. The van der Waals surface area contributed by atoms with Gasteiger partial charge in [-0.25, -0.2) is 0 Å². The lowest BCUT2D eigenvalue weighted by atomic mass is 9.82. The summed E-state index contributed by atoms with van der Waals surface area (Å²) in [6.45, 7) is 1.69. The first-order valence-corrected chi connectivity index (χ1v) is 7.47. The minimum absolute atomic E-state index is 0.315. The van der Waals surface area contributed by atoms with Gasteiger partial charge in [-0.05, 0) is 19.3 Å². The van der Waals surface area contributed by atoms with Crippen LogP contribution < -0.4 is 0 Å². The van der Waals surface area contributed by atoms with Crippen LogP contribution in [0.4, 0.5) is 0 Å². The molecule has 0 aromatic heterocycles. The van der Waals surface area contributed by atoms with Crippen molar-refractivity contribution in [3.8, 4) is 0 Å². The van der Waals surface area contributed by atoms with Crippen LogP contribution in [0.2, 0.25) is 0 Å². The molecule has 3 heteroatoms. The number of allylic oxidation sites excluding steroid dienone is 1. The number of thiocarbonyl (C=S) groups is 1. The Hall–Kier alpha value is -1.19. The van der Waals surface area contributed by atoms with Crippen LogP contribution in [-0.4, -0.2) is 23.0 Å². The van der Waals surface area contributed by atoms with Gasteiger partial charge in [0.2, 0.25) is 0 Å². The quantitative estimate of drug-likeness (QED) is 0.575. The van der Waals surface area contributed by atoms with E-state index in [0.29, 0.717) is 5.92 Å². The molecule has 0 saturated carbocycles. The lowest BCUT2D eigenvalue weighted by Gasteiger charge is -2.39. The molecule has 2 aliphatic heterocycles. The van der Waals surface area contributed by atoms with E-state index in [-0.39, 0.29) is 5.72 Å². The maximum Gasteiger partial charge on any atom is 0.175 e. The molecule has 1 aliphatic carbocycles. The van der Waals surface area contributed by atoms with Gasteiger partial charge in [-0.3, -0.25) is 0 Å². The van der Waals surface area contributed by atoms with Crippen molar-refractivity contribution in [2.24, 2.45) is 5.92 Å². The van der Waals surface area contributed by atoms with Gasteiger partial charge in [0.25, 0.3) is 0 Å². The highest BCUT2D eigenvalue weighted by Gasteiger charge is 2.55. The molecule has 2 heterocycles. The summed E-state index contributed by atoms with van der Waals surface area (Å²) in [4.78, 5) is 3.28. The predicted octanol–water partition coefficient (Wildman–Crippen LogP) is 3.22. The molecule has 1 aromatic rings. The second-order valence-electron chi connectivity index (χ2n) is 5.51. The molecule has 2 atom stereocenters. The Morgan fingerprint density at radius 3 is 3.05 bits per heavy atom. The maximum absolute atomic E-state index is 6.29. The second-order valence-corrected chi connectivity index (χ2v) is 5.90. The van der Waals surface area contributed by atoms with Crippen molar-refractivity contribution >= 4 is 17.2 Å². The highest BCUT2D eigenvalue weighted by molar-refractivity contribution is 7.80. The summed E-state index contributed by atoms with van der Waals surface area (Å²) in [5.41, 5.74) is 2.15. The molecule has 0 bridgehead atoms. The molecular weight excluding hydrogens is 254 g/mol. The molecular formula is C16H17NOS. The number of hydrogen-bond acceptors (Lipinski definition) is 2. The highest BCUT2D eigenvalue weighted by atomic mass is 32.1. The van der Waals surface area contributed by atoms with Crippen molar-refractivity contribution in [3.05, 3.63) is 47.5 Å². The fourth-order valence-corrected chi connectivity index (χ4v) is 4.19. The van der Waals surface area contributed by atoms with E-state index < -0.39 is 0 Å². The van der Waals surface area contributed by atoms with Gasteiger partial charge in [-0.2, -0.15) is 0 Å². The maximum atomic E-state index is 6.29. The van der Waals surface area contributed by atoms with Crippen molar-refractivity contribution < 1.29 is 4.74 Å². The van der Waals surface area contributed by atoms with Gasteiger partial charge < -0.3 is 9.64 Å². The first kappa shape index (κ1) is 11.6. The van der Waals surface area contributed by atoms with E-state index in [1.165, 1.54) is 30.4 Å². The van der Waals surface area contributed by atoms with Crippen LogP contribution in [0.1, 0.15) is 30.4 Å². The summed E-state index contributed by atoms with van der Waals surface area (Å²) in [7, 11) is 0. The van der Waals surface area contributed by atoms with E-state index in [1.807, 2.05) is 0 Å². The topological polar surface area (TPSA) is 12.5 Å². The standard InChI is InChI=1S/C16H17NOS/c19-15-13-8-4-5-9-14(13)16(17(15)10-11-18-16)12-6-2-1-3-7-12/h2,4-6,8-9,12H,1,3,7,10-11H2. The molecule has 0 N–H and O–H groups in total. The zero-order chi connectivity index (χ0) is 12.9. The van der Waals surface area contributed by atoms with Crippen LogP contribution >= 0.6 is 12.2 Å². The normalized spacial score (nSPS) is 32.5. The van der Waals surface area contributed by atoms with Crippen molar-refractivity contribution in [2.75, 3.05) is 13.2 Å². The Bertz CT molecular complexity index is 568. The highest BCUT2D eigenvalue weighted by Crippen LogP contribution is 2.50. The SMILES string of the molecule is S=C1c2ccccc2C2(C3C=CCCC3)OCCN12. The second kappa shape index (κ2) is 4.15. The fourth-order valence-electron chi connectivity index (χ4n) is 3.78. The van der Waals surface area contributed by atoms with Crippen molar-refractivity contribution in [2.45, 2.75) is 25.0 Å². The van der Waals surface area contributed by atoms with Gasteiger partial charge >= 0.3 is 0 Å². The summed E-state index contributed by atoms with van der Waals surface area (Å²) in [6.07, 6.45) is 8.26. The predicted molar refractivity (Wildman–Crippen MR) is 79.0 cm³/mol. The zero-order valence-corrected chi connectivity index (χ0v) is 11.7. The molecule has 3 aliphatic rings. The van der Waals surface area contributed by atoms with Gasteiger partial charge in [-0.1, -0.05) is 48.6 Å². The monoisotopic (exact) mass is 271 g/mol. The minimum atomic E-state index is -0.315. The van der Waals surface area contributed by atoms with Crippen molar-refractivity contribution in [1.82, 2.24) is 4.90 Å². The molecule has 1 aromatic carbocycles. The minimum Gasteiger partial charge on any atom is -0.349 e. The fraction of sp³-hybridized carbons (Fsp3) is 0.438. The van der Waals surface area contributed by atoms with E-state index in [1.54, 1.807) is 0 Å². The van der Waals surface area contributed by atoms with E-state index in [2.05, 4.69) is 41.3 Å². The number of fused-ring (bicyclic) bond motifs is 3. The summed E-state index contributed by atoms with van der Waals surface area (Å²) >= 11 is 5.67. The van der Waals surface area contributed by atoms with Crippen molar-refractivity contribution in [3.63, 3.8) is 0 Å². The number of benzene rings is 1. The third kappa shape index (κ3) is 1.43. The Morgan fingerprint density at radius 1 is 1.32 bits per heavy atom. The molecule has 2 nitrogen and oxygen atoms in total. The molecule has 0 spiro atoms. The van der Waals surface area contributed by atoms with Crippen LogP contribution in [0.5, 0.6) is 0 Å². The number of nitrogens with zero attached hydrogens (tertiary/aromatic N) is 1. The molecule has 0 radical (unpaired) electrons. The van der Waals surface area contributed by atoms with E-state index in [0.717, 1.165) is 18.1 Å². The molecule has 4 rings (SSSR count). The van der Waals surface area contributed by atoms with E-state index in [4.69, 9.17) is 17.0 Å². The largest absolute Gasteiger partial charge is 0.349 e. The first-order valence-electron chi connectivity index (χ1n) is 7.06. The van der Waals surface area contributed by atoms with Crippen LogP contribution in [0.3, 0.4) is 0 Å². The number of hydrogen-bond donors (Lipinski definition) is 0. The molecule has 19 heavy (non-hydrogen) atoms. The van der Waals surface area contributed by atoms with E-state index in [9.17, 15) is 0 Å². The van der Waals surface area contributed by atoms with Crippen molar-refractivity contribution in [1.29, 1.82) is 0 Å². The van der Waals surface area contributed by atoms with Crippen LogP contribution in [0.25, 0.3) is 0 Å². The van der Waals surface area contributed by atoms with Crippen LogP contribution in [0.15, 0.2) is 36.4 Å². The average molecular weight is 271 g/mol. The Labute approximate surface area is 119 Å². The Morgan fingerprint density at radius 2 is 2.21 bits per heavy atom. The van der Waals surface area contributed by atoms with Gasteiger partial charge in [-0.15, -0.1) is 0 Å². The summed E-state index contributed by atoms with van der Waals surface area (Å²) in [5.74, 6) is 0.422. The van der Waals surface area contributed by atoms with Gasteiger partial charge in [0.05, 0.1) is 6.61 Å². The molecule has 1 fully saturated rings. The first-order chi connectivity index (χ1) is 9.34. The lowest BCUT2D eigenvalue weighted by molar-refractivity contribution is -0.0916. The Balaban J connectivity index is 1.91. The smallest absolute Gasteiger partial charge is 0.175 e. The summed E-state index contributed by atoms with van der Waals surface area (Å²) in [5, 5.41) is 0. The average Bonchev–Trinajstić information content (AvgIpc) is 3.01. The van der Waals surface area contributed by atoms with Gasteiger partial charge in [0.1, 0.15) is 4.99 Å². The molecule has 2 unspecified atom stereocenters.